The van der Waals surface area contributed by atoms with Gasteiger partial charge >= 0.3 is 0 Å². The first-order valence-electron chi connectivity index (χ1n) is 2.80. The molecule has 0 aliphatic heterocycles. The van der Waals surface area contributed by atoms with E-state index in [0.717, 1.165) is 12.5 Å². The lowest BCUT2D eigenvalue weighted by Gasteiger charge is -1.98. The molecule has 0 amide bonds. The molecular weight excluding hydrogens is 149 g/mol. The topological polar surface area (TPSA) is 58.8 Å². The lowest BCUT2D eigenvalue weighted by molar-refractivity contribution is 0.329. The molecule has 0 aliphatic rings. The van der Waals surface area contributed by atoms with Crippen LogP contribution in [0.15, 0.2) is 12.5 Å². The Kier molecular flexibility index (Phi) is 2.33. The number of hydrogen-bond acceptors (Lipinski definition) is 4. The maximum absolute atomic E-state index is 12.6. The minimum absolute atomic E-state index is 0.193. The van der Waals surface area contributed by atoms with Gasteiger partial charge in [-0.15, -0.1) is 0 Å². The lowest BCUT2D eigenvalue weighted by Crippen LogP contribution is -1.98. The molecule has 4 nitrogen and oxygen atoms in total. The fourth-order valence-corrected chi connectivity index (χ4v) is 0.508. The third-order valence-corrected chi connectivity index (χ3v) is 0.907. The van der Waals surface area contributed by atoms with Gasteiger partial charge in [-0.1, -0.05) is 0 Å². The van der Waals surface area contributed by atoms with Crippen LogP contribution in [-0.2, 0) is 0 Å². The van der Waals surface area contributed by atoms with Crippen molar-refractivity contribution in [3.8, 4) is 11.9 Å². The van der Waals surface area contributed by atoms with Crippen molar-refractivity contribution in [1.82, 2.24) is 9.97 Å². The highest BCUT2D eigenvalue weighted by atomic mass is 19.1. The van der Waals surface area contributed by atoms with Crippen LogP contribution >= 0.6 is 0 Å². The van der Waals surface area contributed by atoms with Gasteiger partial charge in [0.1, 0.15) is 12.4 Å². The molecule has 0 saturated heterocycles. The molecule has 0 spiro atoms. The highest BCUT2D eigenvalue weighted by Crippen LogP contribution is 2.08. The first-order chi connectivity index (χ1) is 5.34. The van der Waals surface area contributed by atoms with Gasteiger partial charge in [0.25, 0.3) is 5.88 Å². The maximum Gasteiger partial charge on any atom is 0.254 e. The van der Waals surface area contributed by atoms with E-state index in [2.05, 4.69) is 14.7 Å². The predicted octanol–water partition coefficient (Wildman–Crippen LogP) is 0.518. The van der Waals surface area contributed by atoms with E-state index in [1.54, 1.807) is 6.07 Å². The summed E-state index contributed by atoms with van der Waals surface area (Å²) in [6.45, 7) is -0.214. The van der Waals surface area contributed by atoms with E-state index in [1.807, 2.05) is 0 Å². The summed E-state index contributed by atoms with van der Waals surface area (Å²) in [7, 11) is 0. The van der Waals surface area contributed by atoms with Crippen molar-refractivity contribution in [1.29, 1.82) is 5.26 Å². The second-order valence-electron chi connectivity index (χ2n) is 1.62. The number of aromatic nitrogens is 2. The zero-order valence-corrected chi connectivity index (χ0v) is 5.49. The fourth-order valence-electron chi connectivity index (χ4n) is 0.508. The number of halogens is 1. The molecule has 0 N–H and O–H groups in total. The predicted molar refractivity (Wildman–Crippen MR) is 33.1 cm³/mol. The smallest absolute Gasteiger partial charge is 0.254 e. The molecule has 56 valence electrons. The molecule has 1 heterocycles. The first kappa shape index (κ1) is 7.41. The molecule has 1 rings (SSSR count). The summed E-state index contributed by atoms with van der Waals surface area (Å²) in [5.74, 6) is -0.857. The second kappa shape index (κ2) is 3.46. The molecule has 0 fully saturated rings. The van der Waals surface area contributed by atoms with Gasteiger partial charge in [0.15, 0.2) is 6.61 Å². The first-order valence-corrected chi connectivity index (χ1v) is 2.80. The van der Waals surface area contributed by atoms with E-state index in [0.29, 0.717) is 0 Å². The van der Waals surface area contributed by atoms with E-state index in [9.17, 15) is 4.39 Å². The Labute approximate surface area is 62.3 Å². The lowest BCUT2D eigenvalue weighted by atomic mass is 10.6. The average Bonchev–Trinajstić information content (AvgIpc) is 2.03. The van der Waals surface area contributed by atoms with Crippen LogP contribution in [0, 0.1) is 17.1 Å². The zero-order valence-electron chi connectivity index (χ0n) is 5.49. The molecule has 0 saturated carbocycles. The summed E-state index contributed by atoms with van der Waals surface area (Å²) in [4.78, 5) is 6.86. The highest BCUT2D eigenvalue weighted by molar-refractivity contribution is 5.08. The second-order valence-corrected chi connectivity index (χ2v) is 1.62. The van der Waals surface area contributed by atoms with E-state index < -0.39 is 5.82 Å². The molecule has 0 radical (unpaired) electrons. The molecule has 0 unspecified atom stereocenters. The summed E-state index contributed by atoms with van der Waals surface area (Å²) in [5.41, 5.74) is 0. The van der Waals surface area contributed by atoms with Crippen molar-refractivity contribution in [3.63, 3.8) is 0 Å². The van der Waals surface area contributed by atoms with Crippen LogP contribution in [0.3, 0.4) is 0 Å². The van der Waals surface area contributed by atoms with E-state index >= 15 is 0 Å². The normalized spacial score (nSPS) is 8.73. The largest absolute Gasteiger partial charge is 0.460 e. The van der Waals surface area contributed by atoms with Crippen LogP contribution in [0.25, 0.3) is 0 Å². The standard InChI is InChI=1S/C6H4FN3O/c7-5-3-9-4-10-6(5)11-2-1-8/h3-4H,2H2. The van der Waals surface area contributed by atoms with Crippen molar-refractivity contribution < 1.29 is 9.13 Å². The Balaban J connectivity index is 2.71. The summed E-state index contributed by atoms with van der Waals surface area (Å²) in [6.07, 6.45) is 2.12. The Bertz CT molecular complexity index is 283. The maximum atomic E-state index is 12.6. The van der Waals surface area contributed by atoms with E-state index in [4.69, 9.17) is 5.26 Å². The van der Waals surface area contributed by atoms with Crippen molar-refractivity contribution >= 4 is 0 Å². The van der Waals surface area contributed by atoms with E-state index in [-0.39, 0.29) is 12.5 Å². The Morgan fingerprint density at radius 2 is 2.55 bits per heavy atom. The third kappa shape index (κ3) is 1.86. The van der Waals surface area contributed by atoms with Gasteiger partial charge in [0.05, 0.1) is 6.20 Å². The van der Waals surface area contributed by atoms with Gasteiger partial charge in [0.2, 0.25) is 5.82 Å². The van der Waals surface area contributed by atoms with Gasteiger partial charge < -0.3 is 4.74 Å². The number of nitrogens with zero attached hydrogens (tertiary/aromatic N) is 3. The van der Waals surface area contributed by atoms with Crippen LogP contribution in [0.5, 0.6) is 5.88 Å². The van der Waals surface area contributed by atoms with Crippen LogP contribution in [0.4, 0.5) is 4.39 Å². The van der Waals surface area contributed by atoms with Crippen LogP contribution < -0.4 is 4.74 Å². The number of rotatable bonds is 2. The molecule has 0 bridgehead atoms. The van der Waals surface area contributed by atoms with Gasteiger partial charge in [0, 0.05) is 0 Å². The van der Waals surface area contributed by atoms with Crippen molar-refractivity contribution in [2.45, 2.75) is 0 Å². The van der Waals surface area contributed by atoms with Gasteiger partial charge in [-0.05, 0) is 0 Å². The monoisotopic (exact) mass is 153 g/mol. The minimum Gasteiger partial charge on any atom is -0.460 e. The van der Waals surface area contributed by atoms with Gasteiger partial charge in [-0.2, -0.15) is 14.6 Å². The quantitative estimate of drug-likeness (QED) is 0.621. The molecule has 5 heteroatoms. The van der Waals surface area contributed by atoms with Crippen LogP contribution in [0.2, 0.25) is 0 Å². The Morgan fingerprint density at radius 3 is 3.18 bits per heavy atom. The fraction of sp³-hybridized carbons (Fsp3) is 0.167. The minimum atomic E-state index is -0.664. The molecule has 0 aliphatic carbocycles. The summed E-state index contributed by atoms with van der Waals surface area (Å²) in [6, 6.07) is 1.69. The summed E-state index contributed by atoms with van der Waals surface area (Å²) >= 11 is 0. The molecular formula is C6H4FN3O. The highest BCUT2D eigenvalue weighted by Gasteiger charge is 2.01. The average molecular weight is 153 g/mol. The van der Waals surface area contributed by atoms with Crippen molar-refractivity contribution in [2.75, 3.05) is 6.61 Å². The van der Waals surface area contributed by atoms with Gasteiger partial charge in [-0.3, -0.25) is 0 Å². The molecule has 1 aromatic rings. The molecule has 0 atom stereocenters. The number of hydrogen-bond donors (Lipinski definition) is 0. The van der Waals surface area contributed by atoms with Crippen LogP contribution in [-0.4, -0.2) is 16.6 Å². The summed E-state index contributed by atoms with van der Waals surface area (Å²) < 4.78 is 17.2. The summed E-state index contributed by atoms with van der Waals surface area (Å²) in [5, 5.41) is 8.08. The third-order valence-electron chi connectivity index (χ3n) is 0.907. The zero-order chi connectivity index (χ0) is 8.10. The molecule has 1 aromatic heterocycles. The molecule has 11 heavy (non-hydrogen) atoms. The van der Waals surface area contributed by atoms with E-state index in [1.165, 1.54) is 0 Å². The Hall–Kier alpha value is -1.70. The Morgan fingerprint density at radius 1 is 1.73 bits per heavy atom. The van der Waals surface area contributed by atoms with Crippen LogP contribution in [0.1, 0.15) is 0 Å². The van der Waals surface area contributed by atoms with Gasteiger partial charge in [-0.25, -0.2) is 4.98 Å². The SMILES string of the molecule is N#CCOc1ncncc1F. The van der Waals surface area contributed by atoms with Crippen molar-refractivity contribution in [2.24, 2.45) is 0 Å². The molecule has 0 aromatic carbocycles. The number of ether oxygens (including phenoxy) is 1. The van der Waals surface area contributed by atoms with Crippen molar-refractivity contribution in [3.05, 3.63) is 18.3 Å². The number of nitriles is 1.